The molecule has 192 valence electrons. The number of hydrogen-bond acceptors (Lipinski definition) is 6. The Kier molecular flexibility index (Phi) is 7.76. The molecule has 0 N–H and O–H groups in total. The first-order valence-corrected chi connectivity index (χ1v) is 12.4. The average Bonchev–Trinajstić information content (AvgIpc) is 2.92. The van der Waals surface area contributed by atoms with Crippen LogP contribution in [0.3, 0.4) is 0 Å². The highest BCUT2D eigenvalue weighted by molar-refractivity contribution is 5.96. The lowest BCUT2D eigenvalue weighted by atomic mass is 9.89. The Labute approximate surface area is 212 Å². The maximum Gasteiger partial charge on any atom is 0.255 e. The Morgan fingerprint density at radius 2 is 1.42 bits per heavy atom. The van der Waals surface area contributed by atoms with Gasteiger partial charge in [0.15, 0.2) is 11.5 Å². The van der Waals surface area contributed by atoms with E-state index in [0.29, 0.717) is 61.9 Å². The highest BCUT2D eigenvalue weighted by Gasteiger charge is 2.31. The first-order chi connectivity index (χ1) is 17.3. The van der Waals surface area contributed by atoms with E-state index in [1.165, 1.54) is 0 Å². The van der Waals surface area contributed by atoms with E-state index in [1.807, 2.05) is 28.9 Å². The van der Waals surface area contributed by atoms with Crippen molar-refractivity contribution in [1.82, 2.24) is 19.7 Å². The van der Waals surface area contributed by atoms with Crippen LogP contribution in [-0.2, 0) is 4.79 Å². The van der Waals surface area contributed by atoms with Gasteiger partial charge in [-0.1, -0.05) is 0 Å². The second kappa shape index (κ2) is 11.0. The smallest absolute Gasteiger partial charge is 0.255 e. The van der Waals surface area contributed by atoms with Gasteiger partial charge < -0.3 is 24.2 Å². The standard InChI is InChI=1S/C27H34N4O5/c1-18-5-7-22(27(34)31-15-13-29(14-16-31)19(2)32)25(28-18)20-9-11-30(12-10-20)26(33)21-6-8-23(35-3)24(17-21)36-4/h5-8,17,20H,9-16H2,1-4H3. The molecule has 3 heterocycles. The van der Waals surface area contributed by atoms with E-state index < -0.39 is 0 Å². The van der Waals surface area contributed by atoms with Gasteiger partial charge in [-0.05, 0) is 50.1 Å². The van der Waals surface area contributed by atoms with Crippen molar-refractivity contribution in [3.05, 3.63) is 52.8 Å². The molecule has 4 rings (SSSR count). The van der Waals surface area contributed by atoms with Crippen molar-refractivity contribution in [1.29, 1.82) is 0 Å². The van der Waals surface area contributed by atoms with Gasteiger partial charge in [0.25, 0.3) is 11.8 Å². The minimum Gasteiger partial charge on any atom is -0.493 e. The predicted molar refractivity (Wildman–Crippen MR) is 135 cm³/mol. The number of carbonyl (C=O) groups is 3. The van der Waals surface area contributed by atoms with Gasteiger partial charge in [0.1, 0.15) is 0 Å². The molecular formula is C27H34N4O5. The maximum absolute atomic E-state index is 13.4. The van der Waals surface area contributed by atoms with Crippen LogP contribution in [0.1, 0.15) is 57.8 Å². The minimum absolute atomic E-state index is 0.0363. The Balaban J connectivity index is 1.45. The summed E-state index contributed by atoms with van der Waals surface area (Å²) in [6, 6.07) is 8.94. The van der Waals surface area contributed by atoms with Gasteiger partial charge in [-0.2, -0.15) is 0 Å². The quantitative estimate of drug-likeness (QED) is 0.635. The molecule has 0 aliphatic carbocycles. The Morgan fingerprint density at radius 3 is 2.03 bits per heavy atom. The summed E-state index contributed by atoms with van der Waals surface area (Å²) >= 11 is 0. The first kappa shape index (κ1) is 25.5. The molecule has 0 atom stereocenters. The Bertz CT molecular complexity index is 1130. The van der Waals surface area contributed by atoms with Gasteiger partial charge in [0.2, 0.25) is 5.91 Å². The molecule has 9 nitrogen and oxygen atoms in total. The summed E-state index contributed by atoms with van der Waals surface area (Å²) in [7, 11) is 3.11. The summed E-state index contributed by atoms with van der Waals surface area (Å²) in [5, 5.41) is 0. The van der Waals surface area contributed by atoms with Crippen molar-refractivity contribution >= 4 is 17.7 Å². The fourth-order valence-corrected chi connectivity index (χ4v) is 4.97. The fraction of sp³-hybridized carbons (Fsp3) is 0.481. The molecule has 2 fully saturated rings. The highest BCUT2D eigenvalue weighted by atomic mass is 16.5. The molecule has 0 bridgehead atoms. The molecule has 9 heteroatoms. The van der Waals surface area contributed by atoms with Gasteiger partial charge in [-0.15, -0.1) is 0 Å². The summed E-state index contributed by atoms with van der Waals surface area (Å²) in [6.07, 6.45) is 1.46. The van der Waals surface area contributed by atoms with Crippen LogP contribution in [0, 0.1) is 6.92 Å². The van der Waals surface area contributed by atoms with Crippen molar-refractivity contribution < 1.29 is 23.9 Å². The first-order valence-electron chi connectivity index (χ1n) is 12.4. The molecular weight excluding hydrogens is 460 g/mol. The van der Waals surface area contributed by atoms with Gasteiger partial charge >= 0.3 is 0 Å². The molecule has 0 radical (unpaired) electrons. The van der Waals surface area contributed by atoms with Gasteiger partial charge in [-0.25, -0.2) is 0 Å². The topological polar surface area (TPSA) is 92.3 Å². The van der Waals surface area contributed by atoms with Crippen molar-refractivity contribution in [2.75, 3.05) is 53.5 Å². The summed E-state index contributed by atoms with van der Waals surface area (Å²) < 4.78 is 10.6. The second-order valence-electron chi connectivity index (χ2n) is 9.32. The summed E-state index contributed by atoms with van der Waals surface area (Å²) in [5.74, 6) is 1.15. The number of methoxy groups -OCH3 is 2. The zero-order valence-electron chi connectivity index (χ0n) is 21.5. The van der Waals surface area contributed by atoms with E-state index in [2.05, 4.69) is 0 Å². The third kappa shape index (κ3) is 5.29. The zero-order valence-corrected chi connectivity index (χ0v) is 21.5. The van der Waals surface area contributed by atoms with E-state index >= 15 is 0 Å². The summed E-state index contributed by atoms with van der Waals surface area (Å²) in [4.78, 5) is 48.4. The zero-order chi connectivity index (χ0) is 25.8. The predicted octanol–water partition coefficient (Wildman–Crippen LogP) is 2.73. The van der Waals surface area contributed by atoms with Crippen molar-refractivity contribution in [3.8, 4) is 11.5 Å². The number of rotatable bonds is 5. The lowest BCUT2D eigenvalue weighted by Crippen LogP contribution is -2.50. The van der Waals surface area contributed by atoms with Crippen molar-refractivity contribution in [2.45, 2.75) is 32.6 Å². The lowest BCUT2D eigenvalue weighted by Gasteiger charge is -2.35. The minimum atomic E-state index is -0.0498. The summed E-state index contributed by atoms with van der Waals surface area (Å²) in [6.45, 7) is 6.78. The highest BCUT2D eigenvalue weighted by Crippen LogP contribution is 2.32. The SMILES string of the molecule is COc1ccc(C(=O)N2CCC(c3nc(C)ccc3C(=O)N3CCN(C(C)=O)CC3)CC2)cc1OC. The molecule has 2 aromatic rings. The molecule has 1 aromatic carbocycles. The lowest BCUT2D eigenvalue weighted by molar-refractivity contribution is -0.130. The van der Waals surface area contributed by atoms with Crippen molar-refractivity contribution in [3.63, 3.8) is 0 Å². The largest absolute Gasteiger partial charge is 0.493 e. The number of pyridine rings is 1. The third-order valence-corrected chi connectivity index (χ3v) is 7.11. The van der Waals surface area contributed by atoms with E-state index in [1.54, 1.807) is 44.2 Å². The van der Waals surface area contributed by atoms with Crippen LogP contribution in [0.25, 0.3) is 0 Å². The van der Waals surface area contributed by atoms with Crippen LogP contribution in [0.4, 0.5) is 0 Å². The molecule has 2 aliphatic rings. The number of aromatic nitrogens is 1. The van der Waals surface area contributed by atoms with Crippen LogP contribution in [-0.4, -0.2) is 90.9 Å². The van der Waals surface area contributed by atoms with Crippen LogP contribution in [0.5, 0.6) is 11.5 Å². The number of ether oxygens (including phenoxy) is 2. The number of piperazine rings is 1. The number of aryl methyl sites for hydroxylation is 1. The van der Waals surface area contributed by atoms with Crippen LogP contribution >= 0.6 is 0 Å². The molecule has 36 heavy (non-hydrogen) atoms. The fourth-order valence-electron chi connectivity index (χ4n) is 4.97. The van der Waals surface area contributed by atoms with E-state index in [0.717, 1.165) is 24.2 Å². The molecule has 0 saturated carbocycles. The number of hydrogen-bond donors (Lipinski definition) is 0. The van der Waals surface area contributed by atoms with Crippen LogP contribution < -0.4 is 9.47 Å². The van der Waals surface area contributed by atoms with Crippen molar-refractivity contribution in [2.24, 2.45) is 0 Å². The van der Waals surface area contributed by atoms with E-state index in [4.69, 9.17) is 14.5 Å². The normalized spacial score (nSPS) is 16.6. The van der Waals surface area contributed by atoms with Gasteiger partial charge in [-0.3, -0.25) is 19.4 Å². The number of likely N-dealkylation sites (tertiary alicyclic amines) is 1. The van der Waals surface area contributed by atoms with E-state index in [9.17, 15) is 14.4 Å². The number of piperidine rings is 1. The molecule has 0 unspecified atom stereocenters. The number of benzene rings is 1. The number of amides is 3. The molecule has 2 saturated heterocycles. The Hall–Kier alpha value is -3.62. The summed E-state index contributed by atoms with van der Waals surface area (Å²) in [5.41, 5.74) is 2.86. The molecule has 0 spiro atoms. The third-order valence-electron chi connectivity index (χ3n) is 7.11. The Morgan fingerprint density at radius 1 is 0.806 bits per heavy atom. The monoisotopic (exact) mass is 494 g/mol. The van der Waals surface area contributed by atoms with E-state index in [-0.39, 0.29) is 23.6 Å². The van der Waals surface area contributed by atoms with Crippen LogP contribution in [0.2, 0.25) is 0 Å². The molecule has 1 aromatic heterocycles. The number of nitrogens with zero attached hydrogens (tertiary/aromatic N) is 4. The average molecular weight is 495 g/mol. The van der Waals surface area contributed by atoms with Gasteiger partial charge in [0.05, 0.1) is 25.5 Å². The molecule has 3 amide bonds. The second-order valence-corrected chi connectivity index (χ2v) is 9.32. The molecule has 2 aliphatic heterocycles. The number of carbonyl (C=O) groups excluding carboxylic acids is 3. The maximum atomic E-state index is 13.4. The van der Waals surface area contributed by atoms with Gasteiger partial charge in [0, 0.05) is 63.4 Å². The van der Waals surface area contributed by atoms with Crippen LogP contribution in [0.15, 0.2) is 30.3 Å².